The normalized spacial score (nSPS) is 15.8. The zero-order chi connectivity index (χ0) is 18.6. The summed E-state index contributed by atoms with van der Waals surface area (Å²) in [5, 5.41) is 11.6. The molecule has 0 fully saturated rings. The van der Waals surface area contributed by atoms with Crippen LogP contribution in [0.4, 0.5) is 0 Å². The Kier molecular flexibility index (Phi) is 4.82. The molecule has 1 amide bonds. The second-order valence-electron chi connectivity index (χ2n) is 6.56. The van der Waals surface area contributed by atoms with Gasteiger partial charge in [0.15, 0.2) is 5.82 Å². The number of carbonyl (C=O) groups is 1. The number of ether oxygens (including phenoxy) is 1. The van der Waals surface area contributed by atoms with Gasteiger partial charge in [0.1, 0.15) is 11.6 Å². The Morgan fingerprint density at radius 2 is 2.07 bits per heavy atom. The van der Waals surface area contributed by atoms with Crippen LogP contribution in [0.1, 0.15) is 17.9 Å². The van der Waals surface area contributed by atoms with E-state index in [1.54, 1.807) is 13.3 Å². The van der Waals surface area contributed by atoms with E-state index in [9.17, 15) is 4.79 Å². The number of hydrogen-bond donors (Lipinski definition) is 1. The van der Waals surface area contributed by atoms with Crippen molar-refractivity contribution in [3.8, 4) is 17.1 Å². The van der Waals surface area contributed by atoms with Crippen molar-refractivity contribution in [3.63, 3.8) is 0 Å². The van der Waals surface area contributed by atoms with Gasteiger partial charge in [-0.1, -0.05) is 30.3 Å². The van der Waals surface area contributed by atoms with Crippen molar-refractivity contribution in [1.29, 1.82) is 0 Å². The van der Waals surface area contributed by atoms with Gasteiger partial charge < -0.3 is 14.6 Å². The lowest BCUT2D eigenvalue weighted by atomic mass is 9.98. The van der Waals surface area contributed by atoms with E-state index < -0.39 is 0 Å². The number of benzene rings is 1. The Bertz CT molecular complexity index is 921. The summed E-state index contributed by atoms with van der Waals surface area (Å²) >= 11 is 0. The Labute approximate surface area is 157 Å². The molecule has 0 aliphatic carbocycles. The zero-order valence-corrected chi connectivity index (χ0v) is 15.1. The number of amides is 1. The lowest BCUT2D eigenvalue weighted by Crippen LogP contribution is -2.36. The monoisotopic (exact) mass is 363 g/mol. The minimum atomic E-state index is -0.103. The molecule has 2 aromatic heterocycles. The molecular formula is C20H21N5O2. The number of nitrogens with one attached hydrogen (secondary N) is 1. The fourth-order valence-corrected chi connectivity index (χ4v) is 3.30. The van der Waals surface area contributed by atoms with Crippen molar-refractivity contribution in [2.24, 2.45) is 5.92 Å². The number of nitrogens with zero attached hydrogens (tertiary/aromatic N) is 4. The molecule has 1 unspecified atom stereocenters. The first-order valence-electron chi connectivity index (χ1n) is 8.98. The highest BCUT2D eigenvalue weighted by Crippen LogP contribution is 2.25. The van der Waals surface area contributed by atoms with Crippen LogP contribution in [-0.4, -0.2) is 32.8 Å². The van der Waals surface area contributed by atoms with E-state index in [-0.39, 0.29) is 11.8 Å². The van der Waals surface area contributed by atoms with Gasteiger partial charge in [-0.15, -0.1) is 10.2 Å². The molecule has 0 radical (unpaired) electrons. The number of rotatable bonds is 5. The molecule has 1 aliphatic rings. The summed E-state index contributed by atoms with van der Waals surface area (Å²) in [4.78, 5) is 16.9. The Balaban J connectivity index is 1.42. The number of methoxy groups -OCH3 is 1. The molecule has 0 saturated carbocycles. The van der Waals surface area contributed by atoms with E-state index in [0.717, 1.165) is 35.7 Å². The van der Waals surface area contributed by atoms with Crippen LogP contribution in [-0.2, 0) is 24.3 Å². The number of aromatic nitrogens is 4. The van der Waals surface area contributed by atoms with Gasteiger partial charge in [0.2, 0.25) is 5.91 Å². The highest BCUT2D eigenvalue weighted by atomic mass is 16.5. The maximum atomic E-state index is 12.7. The Hall–Kier alpha value is -3.22. The van der Waals surface area contributed by atoms with Crippen LogP contribution in [0.5, 0.6) is 5.75 Å². The number of fused-ring (bicyclic) bond motifs is 1. The summed E-state index contributed by atoms with van der Waals surface area (Å²) in [6, 6.07) is 13.6. The van der Waals surface area contributed by atoms with E-state index in [0.29, 0.717) is 18.8 Å². The van der Waals surface area contributed by atoms with Crippen molar-refractivity contribution in [2.75, 3.05) is 7.11 Å². The molecule has 1 N–H and O–H groups in total. The largest absolute Gasteiger partial charge is 0.495 e. The SMILES string of the molecule is COc1ccc(CNC(=O)C2CCc3nnc(-c4ccccc4)n3C2)nc1. The molecule has 3 aromatic rings. The molecule has 0 saturated heterocycles. The van der Waals surface area contributed by atoms with Crippen molar-refractivity contribution in [3.05, 3.63) is 60.2 Å². The van der Waals surface area contributed by atoms with Crippen LogP contribution in [0.3, 0.4) is 0 Å². The van der Waals surface area contributed by atoms with Crippen molar-refractivity contribution in [1.82, 2.24) is 25.1 Å². The lowest BCUT2D eigenvalue weighted by Gasteiger charge is -2.23. The molecule has 7 heteroatoms. The maximum Gasteiger partial charge on any atom is 0.225 e. The Morgan fingerprint density at radius 3 is 2.81 bits per heavy atom. The summed E-state index contributed by atoms with van der Waals surface area (Å²) < 4.78 is 7.16. The van der Waals surface area contributed by atoms with Crippen LogP contribution >= 0.6 is 0 Å². The van der Waals surface area contributed by atoms with Crippen LogP contribution in [0.25, 0.3) is 11.4 Å². The number of aryl methyl sites for hydroxylation is 1. The van der Waals surface area contributed by atoms with Gasteiger partial charge in [-0.25, -0.2) is 0 Å². The van der Waals surface area contributed by atoms with Crippen LogP contribution in [0.15, 0.2) is 48.7 Å². The first kappa shape index (κ1) is 17.2. The molecule has 138 valence electrons. The van der Waals surface area contributed by atoms with Gasteiger partial charge >= 0.3 is 0 Å². The molecule has 1 aromatic carbocycles. The first-order chi connectivity index (χ1) is 13.2. The molecule has 0 bridgehead atoms. The number of hydrogen-bond acceptors (Lipinski definition) is 5. The third-order valence-electron chi connectivity index (χ3n) is 4.83. The van der Waals surface area contributed by atoms with Crippen molar-refractivity contribution >= 4 is 5.91 Å². The minimum Gasteiger partial charge on any atom is -0.495 e. The summed E-state index contributed by atoms with van der Waals surface area (Å²) in [7, 11) is 1.60. The van der Waals surface area contributed by atoms with Crippen LogP contribution in [0.2, 0.25) is 0 Å². The smallest absolute Gasteiger partial charge is 0.225 e. The second-order valence-corrected chi connectivity index (χ2v) is 6.56. The van der Waals surface area contributed by atoms with Gasteiger partial charge in [0.05, 0.1) is 31.5 Å². The molecule has 1 atom stereocenters. The van der Waals surface area contributed by atoms with Gasteiger partial charge in [0, 0.05) is 18.5 Å². The summed E-state index contributed by atoms with van der Waals surface area (Å²) in [6.07, 6.45) is 3.17. The van der Waals surface area contributed by atoms with Gasteiger partial charge in [-0.3, -0.25) is 9.78 Å². The molecular weight excluding hydrogens is 342 g/mol. The summed E-state index contributed by atoms with van der Waals surface area (Å²) in [5.41, 5.74) is 1.81. The van der Waals surface area contributed by atoms with E-state index in [1.807, 2.05) is 42.5 Å². The fraction of sp³-hybridized carbons (Fsp3) is 0.300. The van der Waals surface area contributed by atoms with E-state index in [4.69, 9.17) is 4.74 Å². The molecule has 1 aliphatic heterocycles. The maximum absolute atomic E-state index is 12.7. The van der Waals surface area contributed by atoms with Gasteiger partial charge in [0.25, 0.3) is 0 Å². The minimum absolute atomic E-state index is 0.0333. The summed E-state index contributed by atoms with van der Waals surface area (Å²) in [6.45, 7) is 0.994. The quantitative estimate of drug-likeness (QED) is 0.752. The van der Waals surface area contributed by atoms with E-state index in [2.05, 4.69) is 25.1 Å². The fourth-order valence-electron chi connectivity index (χ4n) is 3.30. The van der Waals surface area contributed by atoms with Gasteiger partial charge in [-0.05, 0) is 18.6 Å². The van der Waals surface area contributed by atoms with Crippen LogP contribution in [0, 0.1) is 5.92 Å². The second kappa shape index (κ2) is 7.57. The van der Waals surface area contributed by atoms with Gasteiger partial charge in [-0.2, -0.15) is 0 Å². The summed E-state index contributed by atoms with van der Waals surface area (Å²) in [5.74, 6) is 2.39. The van der Waals surface area contributed by atoms with E-state index in [1.165, 1.54) is 0 Å². The molecule has 0 spiro atoms. The molecule has 7 nitrogen and oxygen atoms in total. The van der Waals surface area contributed by atoms with Crippen LogP contribution < -0.4 is 10.1 Å². The average molecular weight is 363 g/mol. The third kappa shape index (κ3) is 3.67. The predicted molar refractivity (Wildman–Crippen MR) is 99.9 cm³/mol. The van der Waals surface area contributed by atoms with Crippen molar-refractivity contribution in [2.45, 2.75) is 25.9 Å². The molecule has 27 heavy (non-hydrogen) atoms. The lowest BCUT2D eigenvalue weighted by molar-refractivity contribution is -0.126. The topological polar surface area (TPSA) is 81.9 Å². The number of pyridine rings is 1. The highest BCUT2D eigenvalue weighted by Gasteiger charge is 2.28. The first-order valence-corrected chi connectivity index (χ1v) is 8.98. The molecule has 4 rings (SSSR count). The average Bonchev–Trinajstić information content (AvgIpc) is 3.16. The third-order valence-corrected chi connectivity index (χ3v) is 4.83. The van der Waals surface area contributed by atoms with E-state index >= 15 is 0 Å². The Morgan fingerprint density at radius 1 is 1.22 bits per heavy atom. The molecule has 3 heterocycles. The predicted octanol–water partition coefficient (Wildman–Crippen LogP) is 2.23. The highest BCUT2D eigenvalue weighted by molar-refractivity contribution is 5.78. The zero-order valence-electron chi connectivity index (χ0n) is 15.1. The van der Waals surface area contributed by atoms with Crippen molar-refractivity contribution < 1.29 is 9.53 Å². The number of carbonyl (C=O) groups excluding carboxylic acids is 1. The standard InChI is InChI=1S/C20H21N5O2/c1-27-17-9-8-16(21-12-17)11-22-20(26)15-7-10-18-23-24-19(25(18)13-15)14-5-3-2-4-6-14/h2-6,8-9,12,15H,7,10-11,13H2,1H3,(H,22,26).